The summed E-state index contributed by atoms with van der Waals surface area (Å²) < 4.78 is 0. The number of likely N-dealkylation sites (tertiary alicyclic amines) is 1. The number of carbonyl (C=O) groups excluding carboxylic acids is 1. The molecule has 0 atom stereocenters. The second kappa shape index (κ2) is 6.61. The summed E-state index contributed by atoms with van der Waals surface area (Å²) in [4.78, 5) is 30.8. The van der Waals surface area contributed by atoms with Gasteiger partial charge < -0.3 is 15.0 Å². The second-order valence-corrected chi connectivity index (χ2v) is 7.82. The maximum Gasteiger partial charge on any atom is 0.306 e. The molecule has 1 amide bonds. The molecule has 3 aromatic rings. The van der Waals surface area contributed by atoms with Crippen LogP contribution < -0.4 is 0 Å². The van der Waals surface area contributed by atoms with Gasteiger partial charge in [-0.1, -0.05) is 18.2 Å². The molecule has 2 N–H and O–H groups in total. The SMILES string of the molecule is Cc1[nH]c2ccccc2c1-c1ccc(C(=O)N2CCC(C(=O)O)CC2)s1. The highest BCUT2D eigenvalue weighted by atomic mass is 32.1. The van der Waals surface area contributed by atoms with Gasteiger partial charge in [-0.25, -0.2) is 0 Å². The Morgan fingerprint density at radius 3 is 2.62 bits per heavy atom. The summed E-state index contributed by atoms with van der Waals surface area (Å²) in [5.74, 6) is -1.08. The highest BCUT2D eigenvalue weighted by Gasteiger charge is 2.28. The number of piperidine rings is 1. The Labute approximate surface area is 155 Å². The van der Waals surface area contributed by atoms with E-state index in [1.54, 1.807) is 4.90 Å². The summed E-state index contributed by atoms with van der Waals surface area (Å²) in [7, 11) is 0. The topological polar surface area (TPSA) is 73.4 Å². The number of hydrogen-bond acceptors (Lipinski definition) is 3. The van der Waals surface area contributed by atoms with Crippen LogP contribution in [0.5, 0.6) is 0 Å². The van der Waals surface area contributed by atoms with E-state index in [1.807, 2.05) is 31.2 Å². The van der Waals surface area contributed by atoms with Crippen molar-refractivity contribution in [2.24, 2.45) is 5.92 Å². The van der Waals surface area contributed by atoms with Crippen LogP contribution >= 0.6 is 11.3 Å². The van der Waals surface area contributed by atoms with Crippen molar-refractivity contribution in [1.29, 1.82) is 0 Å². The molecule has 3 heterocycles. The van der Waals surface area contributed by atoms with Crippen LogP contribution in [-0.4, -0.2) is 40.0 Å². The Balaban J connectivity index is 1.57. The molecule has 0 aliphatic carbocycles. The number of carboxylic acids is 1. The fourth-order valence-electron chi connectivity index (χ4n) is 3.67. The van der Waals surface area contributed by atoms with Gasteiger partial charge in [0.2, 0.25) is 0 Å². The molecule has 4 rings (SSSR count). The molecule has 1 fully saturated rings. The number of rotatable bonds is 3. The fourth-order valence-corrected chi connectivity index (χ4v) is 4.76. The number of nitrogens with one attached hydrogen (secondary N) is 1. The largest absolute Gasteiger partial charge is 0.481 e. The van der Waals surface area contributed by atoms with Gasteiger partial charge in [0, 0.05) is 40.1 Å². The molecule has 1 aliphatic heterocycles. The number of carboxylic acid groups (broad SMARTS) is 1. The summed E-state index contributed by atoms with van der Waals surface area (Å²) >= 11 is 1.50. The van der Waals surface area contributed by atoms with Gasteiger partial charge in [-0.2, -0.15) is 0 Å². The van der Waals surface area contributed by atoms with Crippen molar-refractivity contribution in [2.45, 2.75) is 19.8 Å². The maximum atomic E-state index is 12.8. The number of fused-ring (bicyclic) bond motifs is 1. The molecule has 26 heavy (non-hydrogen) atoms. The zero-order chi connectivity index (χ0) is 18.3. The number of carbonyl (C=O) groups is 2. The van der Waals surface area contributed by atoms with Gasteiger partial charge in [0.25, 0.3) is 5.91 Å². The standard InChI is InChI=1S/C20H20N2O3S/c1-12-18(14-4-2-3-5-15(14)21-12)16-6-7-17(26-16)19(23)22-10-8-13(9-11-22)20(24)25/h2-7,13,21H,8-11H2,1H3,(H,24,25). The minimum Gasteiger partial charge on any atom is -0.481 e. The number of aliphatic carboxylic acids is 1. The third kappa shape index (κ3) is 2.90. The molecule has 1 saturated heterocycles. The van der Waals surface area contributed by atoms with Gasteiger partial charge in [0.05, 0.1) is 10.8 Å². The lowest BCUT2D eigenvalue weighted by Crippen LogP contribution is -2.39. The number of nitrogens with zero attached hydrogens (tertiary/aromatic N) is 1. The number of amides is 1. The normalized spacial score (nSPS) is 15.5. The van der Waals surface area contributed by atoms with Crippen LogP contribution in [0.3, 0.4) is 0 Å². The molecule has 2 aromatic heterocycles. The molecule has 1 aromatic carbocycles. The predicted octanol–water partition coefficient (Wildman–Crippen LogP) is 4.14. The van der Waals surface area contributed by atoms with E-state index >= 15 is 0 Å². The zero-order valence-electron chi connectivity index (χ0n) is 14.5. The number of aromatic amines is 1. The molecule has 0 bridgehead atoms. The van der Waals surface area contributed by atoms with Gasteiger partial charge >= 0.3 is 5.97 Å². The molecule has 0 radical (unpaired) electrons. The van der Waals surface area contributed by atoms with Crippen LogP contribution in [-0.2, 0) is 4.79 Å². The van der Waals surface area contributed by atoms with Crippen molar-refractivity contribution in [3.63, 3.8) is 0 Å². The Kier molecular flexibility index (Phi) is 4.28. The third-order valence-corrected chi connectivity index (χ3v) is 6.18. The lowest BCUT2D eigenvalue weighted by Gasteiger charge is -2.29. The third-order valence-electron chi connectivity index (χ3n) is 5.09. The van der Waals surface area contributed by atoms with E-state index in [1.165, 1.54) is 11.3 Å². The minimum absolute atomic E-state index is 0.00239. The van der Waals surface area contributed by atoms with Gasteiger partial charge in [0.1, 0.15) is 0 Å². The van der Waals surface area contributed by atoms with Gasteiger partial charge in [-0.3, -0.25) is 9.59 Å². The minimum atomic E-state index is -0.759. The quantitative estimate of drug-likeness (QED) is 0.730. The average molecular weight is 368 g/mol. The first kappa shape index (κ1) is 16.8. The van der Waals surface area contributed by atoms with E-state index < -0.39 is 5.97 Å². The number of benzene rings is 1. The van der Waals surface area contributed by atoms with E-state index in [2.05, 4.69) is 17.1 Å². The number of aryl methyl sites for hydroxylation is 1. The molecular formula is C20H20N2O3S. The first-order valence-corrected chi connectivity index (χ1v) is 9.56. The van der Waals surface area contributed by atoms with E-state index in [9.17, 15) is 9.59 Å². The van der Waals surface area contributed by atoms with Crippen LogP contribution in [0.15, 0.2) is 36.4 Å². The Hall–Kier alpha value is -2.60. The lowest BCUT2D eigenvalue weighted by atomic mass is 9.97. The zero-order valence-corrected chi connectivity index (χ0v) is 15.3. The lowest BCUT2D eigenvalue weighted by molar-refractivity contribution is -0.143. The van der Waals surface area contributed by atoms with Crippen molar-refractivity contribution < 1.29 is 14.7 Å². The maximum absolute atomic E-state index is 12.8. The van der Waals surface area contributed by atoms with Crippen LogP contribution in [0.4, 0.5) is 0 Å². The van der Waals surface area contributed by atoms with Gasteiger partial charge in [-0.05, 0) is 38.0 Å². The van der Waals surface area contributed by atoms with Crippen molar-refractivity contribution in [1.82, 2.24) is 9.88 Å². The van der Waals surface area contributed by atoms with Crippen LogP contribution in [0.25, 0.3) is 21.3 Å². The molecule has 0 saturated carbocycles. The molecule has 1 aliphatic rings. The fraction of sp³-hybridized carbons (Fsp3) is 0.300. The van der Waals surface area contributed by atoms with E-state index in [0.717, 1.165) is 27.0 Å². The van der Waals surface area contributed by atoms with E-state index in [0.29, 0.717) is 30.8 Å². The Bertz CT molecular complexity index is 980. The van der Waals surface area contributed by atoms with Crippen molar-refractivity contribution in [3.8, 4) is 10.4 Å². The Morgan fingerprint density at radius 2 is 1.88 bits per heavy atom. The first-order chi connectivity index (χ1) is 12.5. The highest BCUT2D eigenvalue weighted by molar-refractivity contribution is 7.17. The molecule has 0 spiro atoms. The summed E-state index contributed by atoms with van der Waals surface area (Å²) in [6.07, 6.45) is 1.06. The Morgan fingerprint density at radius 1 is 1.15 bits per heavy atom. The molecule has 6 heteroatoms. The number of para-hydroxylation sites is 1. The summed E-state index contributed by atoms with van der Waals surface area (Å²) in [5.41, 5.74) is 3.33. The monoisotopic (exact) mass is 368 g/mol. The van der Waals surface area contributed by atoms with Crippen molar-refractivity contribution >= 4 is 34.1 Å². The van der Waals surface area contributed by atoms with Gasteiger partial charge in [-0.15, -0.1) is 11.3 Å². The van der Waals surface area contributed by atoms with E-state index in [-0.39, 0.29) is 11.8 Å². The van der Waals surface area contributed by atoms with Gasteiger partial charge in [0.15, 0.2) is 0 Å². The first-order valence-electron chi connectivity index (χ1n) is 8.74. The predicted molar refractivity (Wildman–Crippen MR) is 103 cm³/mol. The molecular weight excluding hydrogens is 348 g/mol. The number of hydrogen-bond donors (Lipinski definition) is 2. The molecule has 134 valence electrons. The number of H-pyrrole nitrogens is 1. The van der Waals surface area contributed by atoms with E-state index in [4.69, 9.17) is 5.11 Å². The van der Waals surface area contributed by atoms with Crippen LogP contribution in [0, 0.1) is 12.8 Å². The van der Waals surface area contributed by atoms with Crippen LogP contribution in [0.1, 0.15) is 28.2 Å². The highest BCUT2D eigenvalue weighted by Crippen LogP contribution is 2.37. The molecule has 5 nitrogen and oxygen atoms in total. The molecule has 0 unspecified atom stereocenters. The summed E-state index contributed by atoms with van der Waals surface area (Å²) in [6.45, 7) is 3.07. The second-order valence-electron chi connectivity index (χ2n) is 6.74. The average Bonchev–Trinajstić information content (AvgIpc) is 3.24. The summed E-state index contributed by atoms with van der Waals surface area (Å²) in [5, 5.41) is 10.3. The number of aromatic nitrogens is 1. The number of thiophene rings is 1. The van der Waals surface area contributed by atoms with Crippen molar-refractivity contribution in [3.05, 3.63) is 47.0 Å². The van der Waals surface area contributed by atoms with Crippen LogP contribution in [0.2, 0.25) is 0 Å². The smallest absolute Gasteiger partial charge is 0.306 e. The summed E-state index contributed by atoms with van der Waals surface area (Å²) in [6, 6.07) is 12.1. The van der Waals surface area contributed by atoms with Crippen molar-refractivity contribution in [2.75, 3.05) is 13.1 Å².